The zero-order valence-corrected chi connectivity index (χ0v) is 16.4. The van der Waals surface area contributed by atoms with Crippen molar-refractivity contribution >= 4 is 18.2 Å². The predicted molar refractivity (Wildman–Crippen MR) is 109 cm³/mol. The van der Waals surface area contributed by atoms with Crippen LogP contribution in [0.4, 0.5) is 5.82 Å². The summed E-state index contributed by atoms with van der Waals surface area (Å²) in [6, 6.07) is 10.1. The molecule has 1 aromatic heterocycles. The Morgan fingerprint density at radius 2 is 2.07 bits per heavy atom. The molecule has 1 aromatic carbocycles. The summed E-state index contributed by atoms with van der Waals surface area (Å²) in [4.78, 5) is 3.97. The van der Waals surface area contributed by atoms with Crippen molar-refractivity contribution in [2.45, 2.75) is 37.8 Å². The molecule has 6 nitrogen and oxygen atoms in total. The van der Waals surface area contributed by atoms with Gasteiger partial charge in [-0.15, -0.1) is 12.4 Å². The highest BCUT2D eigenvalue weighted by Gasteiger charge is 2.18. The van der Waals surface area contributed by atoms with Crippen molar-refractivity contribution in [3.8, 4) is 11.5 Å². The normalized spacial score (nSPS) is 17.2. The van der Waals surface area contributed by atoms with E-state index in [4.69, 9.17) is 15.2 Å². The summed E-state index contributed by atoms with van der Waals surface area (Å²) >= 11 is 0. The SMILES string of the molecule is COc1ccc2c(c1)CC(NC[C@H](O)COc1ccc(N)nc1)CCC2.Cl. The van der Waals surface area contributed by atoms with Gasteiger partial charge in [-0.2, -0.15) is 0 Å². The van der Waals surface area contributed by atoms with Crippen LogP contribution in [0.15, 0.2) is 36.5 Å². The van der Waals surface area contributed by atoms with Crippen LogP contribution < -0.4 is 20.5 Å². The molecule has 148 valence electrons. The number of pyridine rings is 1. The van der Waals surface area contributed by atoms with E-state index < -0.39 is 6.10 Å². The van der Waals surface area contributed by atoms with E-state index in [1.807, 2.05) is 6.07 Å². The van der Waals surface area contributed by atoms with Crippen LogP contribution in [0.5, 0.6) is 11.5 Å². The van der Waals surface area contributed by atoms with Crippen LogP contribution in [0.3, 0.4) is 0 Å². The predicted octanol–water partition coefficient (Wildman–Crippen LogP) is 2.37. The van der Waals surface area contributed by atoms with Crippen molar-refractivity contribution < 1.29 is 14.6 Å². The number of anilines is 1. The van der Waals surface area contributed by atoms with Gasteiger partial charge in [-0.1, -0.05) is 6.07 Å². The van der Waals surface area contributed by atoms with E-state index in [2.05, 4.69) is 22.4 Å². The lowest BCUT2D eigenvalue weighted by Gasteiger charge is -2.20. The van der Waals surface area contributed by atoms with Crippen LogP contribution in [0.25, 0.3) is 0 Å². The van der Waals surface area contributed by atoms with Gasteiger partial charge in [0.1, 0.15) is 30.0 Å². The second-order valence-electron chi connectivity index (χ2n) is 6.72. The average Bonchev–Trinajstić information content (AvgIpc) is 2.87. The summed E-state index contributed by atoms with van der Waals surface area (Å²) in [5, 5.41) is 13.7. The average molecular weight is 394 g/mol. The van der Waals surface area contributed by atoms with Gasteiger partial charge in [0.25, 0.3) is 0 Å². The number of nitrogens with two attached hydrogens (primary N) is 1. The maximum atomic E-state index is 10.2. The molecule has 0 amide bonds. The molecule has 1 aliphatic rings. The molecule has 0 fully saturated rings. The van der Waals surface area contributed by atoms with Gasteiger partial charge in [-0.25, -0.2) is 4.98 Å². The fourth-order valence-corrected chi connectivity index (χ4v) is 3.28. The first-order valence-corrected chi connectivity index (χ1v) is 9.05. The van der Waals surface area contributed by atoms with Crippen LogP contribution in [0.1, 0.15) is 24.0 Å². The highest BCUT2D eigenvalue weighted by atomic mass is 35.5. The number of nitrogens with zero attached hydrogens (tertiary/aromatic N) is 1. The van der Waals surface area contributed by atoms with Crippen molar-refractivity contribution in [3.63, 3.8) is 0 Å². The Morgan fingerprint density at radius 3 is 2.81 bits per heavy atom. The number of methoxy groups -OCH3 is 1. The molecule has 1 aliphatic carbocycles. The lowest BCUT2D eigenvalue weighted by Crippen LogP contribution is -2.39. The molecule has 4 N–H and O–H groups in total. The molecule has 1 heterocycles. The number of aromatic nitrogens is 1. The molecule has 1 unspecified atom stereocenters. The number of aliphatic hydroxyl groups excluding tert-OH is 1. The van der Waals surface area contributed by atoms with E-state index in [9.17, 15) is 5.11 Å². The van der Waals surface area contributed by atoms with Crippen LogP contribution >= 0.6 is 12.4 Å². The van der Waals surface area contributed by atoms with Gasteiger partial charge in [0, 0.05) is 12.6 Å². The minimum absolute atomic E-state index is 0. The Bertz CT molecular complexity index is 712. The second-order valence-corrected chi connectivity index (χ2v) is 6.72. The topological polar surface area (TPSA) is 89.6 Å². The number of aliphatic hydroxyl groups is 1. The third kappa shape index (κ3) is 6.27. The summed E-state index contributed by atoms with van der Waals surface area (Å²) in [5.74, 6) is 1.95. The number of hydrogen-bond acceptors (Lipinski definition) is 6. The molecule has 7 heteroatoms. The lowest BCUT2D eigenvalue weighted by molar-refractivity contribution is 0.103. The number of halogens is 1. The number of fused-ring (bicyclic) bond motifs is 1. The van der Waals surface area contributed by atoms with Gasteiger partial charge in [0.2, 0.25) is 0 Å². The standard InChI is InChI=1S/C20H27N3O3.ClH/c1-25-18-6-5-14-3-2-4-16(9-15(14)10-18)22-11-17(24)13-26-19-7-8-20(21)23-12-19;/h5-8,10,12,16-17,22,24H,2-4,9,11,13H2,1H3,(H2,21,23);1H/t16?,17-;/m0./s1. The Morgan fingerprint density at radius 1 is 1.26 bits per heavy atom. The van der Waals surface area contributed by atoms with Crippen LogP contribution in [0, 0.1) is 0 Å². The fraction of sp³-hybridized carbons (Fsp3) is 0.450. The van der Waals surface area contributed by atoms with E-state index in [1.165, 1.54) is 11.1 Å². The minimum atomic E-state index is -0.583. The largest absolute Gasteiger partial charge is 0.497 e. The monoisotopic (exact) mass is 393 g/mol. The number of rotatable bonds is 7. The van der Waals surface area contributed by atoms with Crippen molar-refractivity contribution in [1.29, 1.82) is 0 Å². The van der Waals surface area contributed by atoms with E-state index in [1.54, 1.807) is 25.4 Å². The molecule has 0 aliphatic heterocycles. The highest BCUT2D eigenvalue weighted by molar-refractivity contribution is 5.85. The van der Waals surface area contributed by atoms with Crippen molar-refractivity contribution in [1.82, 2.24) is 10.3 Å². The van der Waals surface area contributed by atoms with E-state index in [0.29, 0.717) is 24.2 Å². The zero-order valence-electron chi connectivity index (χ0n) is 15.6. The molecular formula is C20H28ClN3O3. The maximum absolute atomic E-state index is 10.2. The van der Waals surface area contributed by atoms with Gasteiger partial charge < -0.3 is 25.6 Å². The summed E-state index contributed by atoms with van der Waals surface area (Å²) in [7, 11) is 1.70. The van der Waals surface area contributed by atoms with Gasteiger partial charge >= 0.3 is 0 Å². The van der Waals surface area contributed by atoms with E-state index in [-0.39, 0.29) is 19.0 Å². The van der Waals surface area contributed by atoms with E-state index >= 15 is 0 Å². The summed E-state index contributed by atoms with van der Waals surface area (Å²) in [5.41, 5.74) is 8.27. The fourth-order valence-electron chi connectivity index (χ4n) is 3.28. The Hall–Kier alpha value is -2.02. The van der Waals surface area contributed by atoms with Crippen LogP contribution in [-0.2, 0) is 12.8 Å². The van der Waals surface area contributed by atoms with Crippen molar-refractivity contribution in [3.05, 3.63) is 47.7 Å². The maximum Gasteiger partial charge on any atom is 0.137 e. The molecule has 0 saturated carbocycles. The summed E-state index contributed by atoms with van der Waals surface area (Å²) in [6.07, 6.45) is 5.24. The molecular weight excluding hydrogens is 366 g/mol. The Kier molecular flexibility index (Phi) is 8.16. The quantitative estimate of drug-likeness (QED) is 0.626. The molecule has 2 aromatic rings. The van der Waals surface area contributed by atoms with Crippen LogP contribution in [0.2, 0.25) is 0 Å². The van der Waals surface area contributed by atoms with Crippen LogP contribution in [-0.4, -0.2) is 42.5 Å². The lowest BCUT2D eigenvalue weighted by atomic mass is 10.0. The van der Waals surface area contributed by atoms with E-state index in [0.717, 1.165) is 31.4 Å². The first-order valence-electron chi connectivity index (χ1n) is 9.05. The second kappa shape index (κ2) is 10.3. The van der Waals surface area contributed by atoms with Gasteiger partial charge in [-0.3, -0.25) is 0 Å². The molecule has 0 bridgehead atoms. The molecule has 2 atom stereocenters. The number of ether oxygens (including phenoxy) is 2. The molecule has 0 spiro atoms. The molecule has 27 heavy (non-hydrogen) atoms. The Labute approximate surface area is 166 Å². The Balaban J connectivity index is 0.00000261. The first-order chi connectivity index (χ1) is 12.6. The van der Waals surface area contributed by atoms with Gasteiger partial charge in [0.05, 0.1) is 13.3 Å². The van der Waals surface area contributed by atoms with Crippen molar-refractivity contribution in [2.75, 3.05) is 26.0 Å². The third-order valence-electron chi connectivity index (χ3n) is 4.72. The van der Waals surface area contributed by atoms with Gasteiger partial charge in [-0.05, 0) is 61.1 Å². The minimum Gasteiger partial charge on any atom is -0.497 e. The number of hydrogen-bond donors (Lipinski definition) is 3. The molecule has 3 rings (SSSR count). The summed E-state index contributed by atoms with van der Waals surface area (Å²) in [6.45, 7) is 0.710. The number of nitrogens with one attached hydrogen (secondary N) is 1. The van der Waals surface area contributed by atoms with Crippen molar-refractivity contribution in [2.24, 2.45) is 0 Å². The zero-order chi connectivity index (χ0) is 18.4. The third-order valence-corrected chi connectivity index (χ3v) is 4.72. The summed E-state index contributed by atoms with van der Waals surface area (Å²) < 4.78 is 10.9. The number of benzene rings is 1. The number of nitrogen functional groups attached to an aromatic ring is 1. The molecule has 0 radical (unpaired) electrons. The first kappa shape index (κ1) is 21.3. The number of aryl methyl sites for hydroxylation is 1. The van der Waals surface area contributed by atoms with Gasteiger partial charge in [0.15, 0.2) is 0 Å². The smallest absolute Gasteiger partial charge is 0.137 e. The highest BCUT2D eigenvalue weighted by Crippen LogP contribution is 2.25. The molecule has 0 saturated heterocycles.